The standard InChI is InChI=1S/C6H10N2O2S/c1-10-6(9)5-4(8-7)2-3-11-5/h2-3,6,8-9H,7H2,1H3. The Morgan fingerprint density at radius 2 is 2.55 bits per heavy atom. The number of thiophene rings is 1. The topological polar surface area (TPSA) is 67.5 Å². The number of aliphatic hydroxyl groups excluding tert-OH is 1. The number of nitrogens with two attached hydrogens (primary N) is 1. The Morgan fingerprint density at radius 3 is 3.09 bits per heavy atom. The molecule has 1 unspecified atom stereocenters. The third-order valence-corrected chi connectivity index (χ3v) is 2.25. The fourth-order valence-corrected chi connectivity index (χ4v) is 1.56. The van der Waals surface area contributed by atoms with Gasteiger partial charge in [0.15, 0.2) is 6.29 Å². The zero-order valence-electron chi connectivity index (χ0n) is 6.07. The molecule has 0 saturated heterocycles. The van der Waals surface area contributed by atoms with E-state index in [1.807, 2.05) is 5.38 Å². The highest BCUT2D eigenvalue weighted by atomic mass is 32.1. The smallest absolute Gasteiger partial charge is 0.192 e. The van der Waals surface area contributed by atoms with E-state index in [1.54, 1.807) is 6.07 Å². The molecule has 4 nitrogen and oxygen atoms in total. The van der Waals surface area contributed by atoms with Gasteiger partial charge in [-0.2, -0.15) is 0 Å². The molecule has 0 fully saturated rings. The molecule has 1 aromatic heterocycles. The molecule has 0 spiro atoms. The number of methoxy groups -OCH3 is 1. The van der Waals surface area contributed by atoms with Gasteiger partial charge in [-0.1, -0.05) is 0 Å². The normalized spacial score (nSPS) is 13.0. The molecule has 0 aliphatic carbocycles. The van der Waals surface area contributed by atoms with E-state index >= 15 is 0 Å². The lowest BCUT2D eigenvalue weighted by molar-refractivity contribution is -0.0738. The van der Waals surface area contributed by atoms with E-state index in [0.717, 1.165) is 0 Å². The van der Waals surface area contributed by atoms with Crippen molar-refractivity contribution in [1.29, 1.82) is 0 Å². The van der Waals surface area contributed by atoms with Crippen LogP contribution in [0.1, 0.15) is 11.2 Å². The van der Waals surface area contributed by atoms with Crippen LogP contribution in [0.15, 0.2) is 11.4 Å². The first-order valence-corrected chi connectivity index (χ1v) is 3.92. The van der Waals surface area contributed by atoms with Gasteiger partial charge in [0.2, 0.25) is 0 Å². The number of ether oxygens (including phenoxy) is 1. The van der Waals surface area contributed by atoms with E-state index in [1.165, 1.54) is 18.4 Å². The van der Waals surface area contributed by atoms with Crippen LogP contribution in [-0.2, 0) is 4.74 Å². The highest BCUT2D eigenvalue weighted by molar-refractivity contribution is 7.10. The number of anilines is 1. The first kappa shape index (κ1) is 8.48. The van der Waals surface area contributed by atoms with E-state index in [4.69, 9.17) is 10.6 Å². The van der Waals surface area contributed by atoms with Crippen molar-refractivity contribution in [3.8, 4) is 0 Å². The number of aliphatic hydroxyl groups is 1. The predicted molar refractivity (Wildman–Crippen MR) is 44.1 cm³/mol. The van der Waals surface area contributed by atoms with Crippen LogP contribution in [0.25, 0.3) is 0 Å². The fourth-order valence-electron chi connectivity index (χ4n) is 0.738. The van der Waals surface area contributed by atoms with E-state index in [-0.39, 0.29) is 0 Å². The van der Waals surface area contributed by atoms with E-state index in [9.17, 15) is 5.11 Å². The second kappa shape index (κ2) is 3.68. The molecular formula is C6H10N2O2S. The highest BCUT2D eigenvalue weighted by Gasteiger charge is 2.11. The number of hydrazine groups is 1. The van der Waals surface area contributed by atoms with Crippen LogP contribution in [0.2, 0.25) is 0 Å². The molecule has 0 aliphatic rings. The van der Waals surface area contributed by atoms with E-state index in [0.29, 0.717) is 10.6 Å². The van der Waals surface area contributed by atoms with Crippen molar-refractivity contribution < 1.29 is 9.84 Å². The molecule has 1 rings (SSSR count). The summed E-state index contributed by atoms with van der Waals surface area (Å²) < 4.78 is 4.71. The van der Waals surface area contributed by atoms with Gasteiger partial charge in [-0.25, -0.2) is 0 Å². The quantitative estimate of drug-likeness (QED) is 0.358. The molecule has 0 amide bonds. The number of hydrogen-bond acceptors (Lipinski definition) is 5. The molecule has 0 aromatic carbocycles. The zero-order valence-corrected chi connectivity index (χ0v) is 6.89. The molecule has 1 aromatic rings. The summed E-state index contributed by atoms with van der Waals surface area (Å²) in [6.07, 6.45) is -0.888. The Morgan fingerprint density at radius 1 is 1.82 bits per heavy atom. The molecule has 0 aliphatic heterocycles. The summed E-state index contributed by atoms with van der Waals surface area (Å²) >= 11 is 1.39. The van der Waals surface area contributed by atoms with Gasteiger partial charge in [-0.15, -0.1) is 11.3 Å². The van der Waals surface area contributed by atoms with Crippen LogP contribution in [0, 0.1) is 0 Å². The summed E-state index contributed by atoms with van der Waals surface area (Å²) in [7, 11) is 1.44. The van der Waals surface area contributed by atoms with Crippen molar-refractivity contribution >= 4 is 17.0 Å². The summed E-state index contributed by atoms with van der Waals surface area (Å²) in [6, 6.07) is 1.78. The second-order valence-electron chi connectivity index (χ2n) is 1.93. The van der Waals surface area contributed by atoms with E-state index < -0.39 is 6.29 Å². The highest BCUT2D eigenvalue weighted by Crippen LogP contribution is 2.28. The molecule has 1 heterocycles. The number of nitrogens with one attached hydrogen (secondary N) is 1. The Labute approximate surface area is 68.6 Å². The predicted octanol–water partition coefficient (Wildman–Crippen LogP) is 0.671. The zero-order chi connectivity index (χ0) is 8.27. The Hall–Kier alpha value is -0.620. The van der Waals surface area contributed by atoms with Gasteiger partial charge in [0.25, 0.3) is 0 Å². The van der Waals surface area contributed by atoms with E-state index in [2.05, 4.69) is 5.43 Å². The first-order chi connectivity index (χ1) is 5.29. The summed E-state index contributed by atoms with van der Waals surface area (Å²) in [4.78, 5) is 0.690. The third kappa shape index (κ3) is 1.69. The molecule has 0 saturated carbocycles. The molecule has 1 atom stereocenters. The third-order valence-electron chi connectivity index (χ3n) is 1.30. The second-order valence-corrected chi connectivity index (χ2v) is 2.88. The van der Waals surface area contributed by atoms with Crippen LogP contribution in [0.4, 0.5) is 5.69 Å². The molecule has 0 radical (unpaired) electrons. The lowest BCUT2D eigenvalue weighted by Crippen LogP contribution is -2.09. The van der Waals surface area contributed by atoms with Crippen molar-refractivity contribution in [3.63, 3.8) is 0 Å². The Balaban J connectivity index is 2.83. The van der Waals surface area contributed by atoms with Crippen LogP contribution in [0.5, 0.6) is 0 Å². The maximum Gasteiger partial charge on any atom is 0.192 e. The number of nitrogen functional groups attached to an aromatic ring is 1. The molecule has 0 bridgehead atoms. The molecule has 11 heavy (non-hydrogen) atoms. The van der Waals surface area contributed by atoms with Gasteiger partial charge < -0.3 is 15.3 Å². The van der Waals surface area contributed by atoms with Gasteiger partial charge >= 0.3 is 0 Å². The molecule has 5 heteroatoms. The minimum absolute atomic E-state index is 0.690. The van der Waals surface area contributed by atoms with Gasteiger partial charge in [0, 0.05) is 7.11 Å². The maximum absolute atomic E-state index is 9.22. The van der Waals surface area contributed by atoms with Crippen molar-refractivity contribution in [1.82, 2.24) is 0 Å². The molecule has 4 N–H and O–H groups in total. The summed E-state index contributed by atoms with van der Waals surface area (Å²) in [6.45, 7) is 0. The molecule has 62 valence electrons. The van der Waals surface area contributed by atoms with Crippen LogP contribution < -0.4 is 11.3 Å². The minimum Gasteiger partial charge on any atom is -0.364 e. The minimum atomic E-state index is -0.888. The van der Waals surface area contributed by atoms with Crippen molar-refractivity contribution in [2.45, 2.75) is 6.29 Å². The van der Waals surface area contributed by atoms with Crippen molar-refractivity contribution in [2.75, 3.05) is 12.5 Å². The first-order valence-electron chi connectivity index (χ1n) is 3.04. The maximum atomic E-state index is 9.22. The SMILES string of the molecule is COC(O)c1sccc1NN. The summed E-state index contributed by atoms with van der Waals surface area (Å²) in [5, 5.41) is 11.0. The number of hydrogen-bond donors (Lipinski definition) is 3. The van der Waals surface area contributed by atoms with Crippen LogP contribution in [-0.4, -0.2) is 12.2 Å². The average molecular weight is 174 g/mol. The van der Waals surface area contributed by atoms with Crippen LogP contribution in [0.3, 0.4) is 0 Å². The average Bonchev–Trinajstić information content (AvgIpc) is 2.50. The van der Waals surface area contributed by atoms with Gasteiger partial charge in [0.05, 0.1) is 10.6 Å². The Bertz CT molecular complexity index is 226. The lowest BCUT2D eigenvalue weighted by atomic mass is 10.4. The summed E-state index contributed by atoms with van der Waals surface area (Å²) in [5.74, 6) is 5.18. The monoisotopic (exact) mass is 174 g/mol. The molecular weight excluding hydrogens is 164 g/mol. The number of rotatable bonds is 3. The lowest BCUT2D eigenvalue weighted by Gasteiger charge is -2.07. The van der Waals surface area contributed by atoms with Gasteiger partial charge in [0.1, 0.15) is 0 Å². The fraction of sp³-hybridized carbons (Fsp3) is 0.333. The van der Waals surface area contributed by atoms with Gasteiger partial charge in [-0.05, 0) is 11.4 Å². The van der Waals surface area contributed by atoms with Crippen molar-refractivity contribution in [2.24, 2.45) is 5.84 Å². The van der Waals surface area contributed by atoms with Crippen molar-refractivity contribution in [3.05, 3.63) is 16.3 Å². The van der Waals surface area contributed by atoms with Gasteiger partial charge in [-0.3, -0.25) is 5.84 Å². The Kier molecular flexibility index (Phi) is 2.84. The largest absolute Gasteiger partial charge is 0.364 e. The van der Waals surface area contributed by atoms with Crippen LogP contribution >= 0.6 is 11.3 Å². The summed E-state index contributed by atoms with van der Waals surface area (Å²) in [5.41, 5.74) is 3.16.